The molecule has 0 spiro atoms. The average molecular weight is 432 g/mol. The quantitative estimate of drug-likeness (QED) is 0.492. The fourth-order valence-corrected chi connectivity index (χ4v) is 4.58. The number of rotatable bonds is 5. The number of carbonyl (C=O) groups is 1. The summed E-state index contributed by atoms with van der Waals surface area (Å²) >= 11 is 1.45. The summed E-state index contributed by atoms with van der Waals surface area (Å²) in [7, 11) is 0. The maximum absolute atomic E-state index is 12.9. The smallest absolute Gasteiger partial charge is 0.231 e. The van der Waals surface area contributed by atoms with E-state index in [4.69, 9.17) is 4.74 Å². The second-order valence-corrected chi connectivity index (χ2v) is 8.42. The van der Waals surface area contributed by atoms with Crippen molar-refractivity contribution in [2.45, 2.75) is 12.8 Å². The van der Waals surface area contributed by atoms with Gasteiger partial charge in [-0.1, -0.05) is 29.5 Å². The fraction of sp³-hybridized carbons (Fsp3) is 0.217. The normalized spacial score (nSPS) is 16.3. The van der Waals surface area contributed by atoms with Crippen LogP contribution in [0.5, 0.6) is 11.5 Å². The lowest BCUT2D eigenvalue weighted by Crippen LogP contribution is -2.41. The molecule has 0 bridgehead atoms. The Morgan fingerprint density at radius 2 is 1.90 bits per heavy atom. The van der Waals surface area contributed by atoms with Gasteiger partial charge in [0.1, 0.15) is 11.5 Å². The minimum absolute atomic E-state index is 0.0135. The summed E-state index contributed by atoms with van der Waals surface area (Å²) in [6.45, 7) is 1.47. The van der Waals surface area contributed by atoms with Gasteiger partial charge in [0.15, 0.2) is 5.13 Å². The Labute approximate surface area is 183 Å². The first-order valence-corrected chi connectivity index (χ1v) is 11.0. The Bertz CT molecular complexity index is 1180. The van der Waals surface area contributed by atoms with Crippen molar-refractivity contribution in [2.75, 3.05) is 23.3 Å². The Hall–Kier alpha value is -3.52. The number of ether oxygens (including phenoxy) is 1. The molecule has 0 radical (unpaired) electrons. The zero-order valence-corrected chi connectivity index (χ0v) is 17.6. The van der Waals surface area contributed by atoms with E-state index in [0.29, 0.717) is 17.6 Å². The van der Waals surface area contributed by atoms with Gasteiger partial charge in [-0.3, -0.25) is 4.79 Å². The topological polar surface area (TPSA) is 80.2 Å². The summed E-state index contributed by atoms with van der Waals surface area (Å²) in [6, 6.07) is 17.2. The van der Waals surface area contributed by atoms with E-state index in [0.717, 1.165) is 41.1 Å². The minimum Gasteiger partial charge on any atom is -0.457 e. The van der Waals surface area contributed by atoms with Crippen LogP contribution in [0.1, 0.15) is 12.8 Å². The third-order valence-corrected chi connectivity index (χ3v) is 6.13. The second-order valence-electron chi connectivity index (χ2n) is 7.39. The number of hydrogen-bond acceptors (Lipinski definition) is 7. The van der Waals surface area contributed by atoms with Gasteiger partial charge in [-0.2, -0.15) is 0 Å². The molecule has 2 aromatic heterocycles. The van der Waals surface area contributed by atoms with Gasteiger partial charge in [0.2, 0.25) is 11.9 Å². The molecule has 1 aliphatic rings. The highest BCUT2D eigenvalue weighted by molar-refractivity contribution is 7.22. The van der Waals surface area contributed by atoms with Crippen molar-refractivity contribution in [2.24, 2.45) is 5.92 Å². The molecule has 5 rings (SSSR count). The van der Waals surface area contributed by atoms with Crippen molar-refractivity contribution < 1.29 is 9.53 Å². The first kappa shape index (κ1) is 19.4. The largest absolute Gasteiger partial charge is 0.457 e. The Kier molecular flexibility index (Phi) is 5.45. The number of thiazole rings is 1. The number of nitrogens with one attached hydrogen (secondary N) is 1. The molecule has 8 heteroatoms. The maximum atomic E-state index is 12.9. The highest BCUT2D eigenvalue weighted by atomic mass is 32.1. The lowest BCUT2D eigenvalue weighted by atomic mass is 9.97. The first-order chi connectivity index (χ1) is 15.2. The molecule has 1 amide bonds. The van der Waals surface area contributed by atoms with Crippen LogP contribution in [0.2, 0.25) is 0 Å². The highest BCUT2D eigenvalue weighted by Gasteiger charge is 2.27. The molecule has 1 N–H and O–H groups in total. The molecular weight excluding hydrogens is 410 g/mol. The van der Waals surface area contributed by atoms with E-state index in [1.54, 1.807) is 18.5 Å². The lowest BCUT2D eigenvalue weighted by Gasteiger charge is -2.31. The fourth-order valence-electron chi connectivity index (χ4n) is 3.68. The van der Waals surface area contributed by atoms with Gasteiger partial charge in [-0.15, -0.1) is 0 Å². The summed E-state index contributed by atoms with van der Waals surface area (Å²) in [5.74, 6) is 2.06. The van der Waals surface area contributed by atoms with Gasteiger partial charge in [0, 0.05) is 31.5 Å². The molecule has 1 aliphatic heterocycles. The summed E-state index contributed by atoms with van der Waals surface area (Å²) in [4.78, 5) is 28.1. The van der Waals surface area contributed by atoms with Crippen LogP contribution in [0.25, 0.3) is 10.2 Å². The van der Waals surface area contributed by atoms with Gasteiger partial charge in [0.05, 0.1) is 16.1 Å². The van der Waals surface area contributed by atoms with E-state index >= 15 is 0 Å². The molecule has 1 unspecified atom stereocenters. The number of carbonyl (C=O) groups excluding carboxylic acids is 1. The van der Waals surface area contributed by atoms with Gasteiger partial charge in [-0.05, 0) is 43.2 Å². The Morgan fingerprint density at radius 3 is 2.74 bits per heavy atom. The minimum atomic E-state index is -0.124. The van der Waals surface area contributed by atoms with E-state index < -0.39 is 0 Å². The highest BCUT2D eigenvalue weighted by Crippen LogP contribution is 2.32. The summed E-state index contributed by atoms with van der Waals surface area (Å²) < 4.78 is 6.86. The van der Waals surface area contributed by atoms with Gasteiger partial charge in [-0.25, -0.2) is 15.0 Å². The zero-order valence-electron chi connectivity index (χ0n) is 16.8. The van der Waals surface area contributed by atoms with Gasteiger partial charge < -0.3 is 15.0 Å². The average Bonchev–Trinajstić information content (AvgIpc) is 3.22. The maximum Gasteiger partial charge on any atom is 0.231 e. The van der Waals surface area contributed by atoms with Crippen LogP contribution in [0.15, 0.2) is 67.0 Å². The zero-order chi connectivity index (χ0) is 21.0. The predicted octanol–water partition coefficient (Wildman–Crippen LogP) is 4.73. The van der Waals surface area contributed by atoms with Crippen LogP contribution in [0.4, 0.5) is 11.1 Å². The molecule has 2 aromatic carbocycles. The van der Waals surface area contributed by atoms with E-state index in [1.165, 1.54) is 11.3 Å². The third-order valence-electron chi connectivity index (χ3n) is 5.20. The van der Waals surface area contributed by atoms with Crippen LogP contribution in [0, 0.1) is 5.92 Å². The van der Waals surface area contributed by atoms with Crippen LogP contribution in [-0.2, 0) is 4.79 Å². The molecule has 4 aromatic rings. The van der Waals surface area contributed by atoms with Crippen molar-refractivity contribution in [3.05, 3.63) is 67.0 Å². The molecule has 7 nitrogen and oxygen atoms in total. The predicted molar refractivity (Wildman–Crippen MR) is 122 cm³/mol. The number of fused-ring (bicyclic) bond motifs is 1. The van der Waals surface area contributed by atoms with Crippen molar-refractivity contribution in [3.8, 4) is 11.5 Å². The Morgan fingerprint density at radius 1 is 1.06 bits per heavy atom. The van der Waals surface area contributed by atoms with Crippen molar-refractivity contribution in [1.82, 2.24) is 15.0 Å². The molecule has 1 saturated heterocycles. The van der Waals surface area contributed by atoms with Crippen LogP contribution in [0.3, 0.4) is 0 Å². The number of amides is 1. The number of anilines is 2. The second kappa shape index (κ2) is 8.69. The Balaban J connectivity index is 1.27. The molecule has 156 valence electrons. The number of para-hydroxylation sites is 1. The molecule has 1 fully saturated rings. The van der Waals surface area contributed by atoms with Gasteiger partial charge in [0.25, 0.3) is 0 Å². The summed E-state index contributed by atoms with van der Waals surface area (Å²) in [6.07, 6.45) is 5.22. The van der Waals surface area contributed by atoms with Crippen LogP contribution in [-0.4, -0.2) is 33.9 Å². The van der Waals surface area contributed by atoms with Crippen LogP contribution < -0.4 is 15.0 Å². The standard InChI is InChI=1S/C23H21N5O2S/c29-21(16-6-4-13-28(15-16)22-24-11-5-12-25-22)27-23-26-19-10-9-18(14-20(19)31-23)30-17-7-2-1-3-8-17/h1-3,5,7-12,14,16H,4,6,13,15H2,(H,26,27,29). The number of piperidine rings is 1. The molecule has 31 heavy (non-hydrogen) atoms. The van der Waals surface area contributed by atoms with Crippen molar-refractivity contribution in [3.63, 3.8) is 0 Å². The molecular formula is C23H21N5O2S. The molecule has 1 atom stereocenters. The van der Waals surface area contributed by atoms with Crippen molar-refractivity contribution >= 4 is 38.5 Å². The molecule has 3 heterocycles. The number of hydrogen-bond donors (Lipinski definition) is 1. The molecule has 0 aliphatic carbocycles. The number of nitrogens with zero attached hydrogens (tertiary/aromatic N) is 4. The lowest BCUT2D eigenvalue weighted by molar-refractivity contribution is -0.120. The molecule has 0 saturated carbocycles. The number of aromatic nitrogens is 3. The van der Waals surface area contributed by atoms with Crippen LogP contribution >= 0.6 is 11.3 Å². The van der Waals surface area contributed by atoms with Crippen molar-refractivity contribution in [1.29, 1.82) is 0 Å². The number of benzene rings is 2. The third kappa shape index (κ3) is 4.49. The summed E-state index contributed by atoms with van der Waals surface area (Å²) in [5, 5.41) is 3.60. The van der Waals surface area contributed by atoms with E-state index in [-0.39, 0.29) is 11.8 Å². The van der Waals surface area contributed by atoms with Gasteiger partial charge >= 0.3 is 0 Å². The van der Waals surface area contributed by atoms with E-state index in [2.05, 4.69) is 25.2 Å². The van der Waals surface area contributed by atoms with E-state index in [9.17, 15) is 4.79 Å². The van der Waals surface area contributed by atoms with E-state index in [1.807, 2.05) is 48.5 Å². The monoisotopic (exact) mass is 431 g/mol. The summed E-state index contributed by atoms with van der Waals surface area (Å²) in [5.41, 5.74) is 0.837. The SMILES string of the molecule is O=C(Nc1nc2ccc(Oc3ccccc3)cc2s1)C1CCCN(c2ncccn2)C1. The first-order valence-electron chi connectivity index (χ1n) is 10.2.